The van der Waals surface area contributed by atoms with Gasteiger partial charge in [-0.2, -0.15) is 13.2 Å². The summed E-state index contributed by atoms with van der Waals surface area (Å²) in [7, 11) is 0. The first-order valence-corrected chi connectivity index (χ1v) is 9.05. The van der Waals surface area contributed by atoms with Crippen molar-refractivity contribution in [3.05, 3.63) is 47.7 Å². The SMILES string of the molecule is CC(=O)N(CC1CC1)c1ccc(-c2ccc(C(=O)NS)cn2)cc1C(F)(F)F. The number of carbonyl (C=O) groups excluding carboxylic acids is 2. The lowest BCUT2D eigenvalue weighted by Crippen LogP contribution is -2.32. The third-order valence-corrected chi connectivity index (χ3v) is 4.74. The number of alkyl halides is 3. The minimum atomic E-state index is -4.63. The molecule has 1 N–H and O–H groups in total. The van der Waals surface area contributed by atoms with E-state index in [2.05, 4.69) is 22.5 Å². The van der Waals surface area contributed by atoms with Crippen molar-refractivity contribution in [2.75, 3.05) is 11.4 Å². The lowest BCUT2D eigenvalue weighted by molar-refractivity contribution is -0.137. The summed E-state index contributed by atoms with van der Waals surface area (Å²) in [5.41, 5.74) is -0.284. The number of rotatable bonds is 5. The smallest absolute Gasteiger partial charge is 0.312 e. The number of carbonyl (C=O) groups is 2. The van der Waals surface area contributed by atoms with Gasteiger partial charge in [-0.25, -0.2) is 0 Å². The Bertz CT molecular complexity index is 896. The van der Waals surface area contributed by atoms with E-state index in [-0.39, 0.29) is 35.0 Å². The molecule has 1 heterocycles. The molecule has 2 aromatic rings. The molecule has 1 fully saturated rings. The van der Waals surface area contributed by atoms with E-state index >= 15 is 0 Å². The minimum Gasteiger partial charge on any atom is -0.312 e. The lowest BCUT2D eigenvalue weighted by Gasteiger charge is -2.25. The molecule has 148 valence electrons. The number of aromatic nitrogens is 1. The molecular weight excluding hydrogens is 391 g/mol. The Morgan fingerprint density at radius 1 is 1.25 bits per heavy atom. The fraction of sp³-hybridized carbons (Fsp3) is 0.316. The van der Waals surface area contributed by atoms with Gasteiger partial charge in [-0.3, -0.25) is 19.3 Å². The molecule has 1 aromatic heterocycles. The Labute approximate surface area is 165 Å². The second-order valence-electron chi connectivity index (χ2n) is 6.68. The Hall–Kier alpha value is -2.55. The van der Waals surface area contributed by atoms with Gasteiger partial charge in [0.2, 0.25) is 5.91 Å². The van der Waals surface area contributed by atoms with Gasteiger partial charge >= 0.3 is 6.18 Å². The van der Waals surface area contributed by atoms with Crippen LogP contribution in [0.1, 0.15) is 35.7 Å². The average Bonchev–Trinajstić information content (AvgIpc) is 3.48. The summed E-state index contributed by atoms with van der Waals surface area (Å²) >= 11 is 3.66. The summed E-state index contributed by atoms with van der Waals surface area (Å²) in [4.78, 5) is 28.7. The van der Waals surface area contributed by atoms with Crippen LogP contribution in [-0.4, -0.2) is 23.3 Å². The molecular formula is C19H18F3N3O2S. The predicted octanol–water partition coefficient (Wildman–Crippen LogP) is 4.10. The largest absolute Gasteiger partial charge is 0.418 e. The summed E-state index contributed by atoms with van der Waals surface area (Å²) < 4.78 is 43.3. The molecule has 0 atom stereocenters. The van der Waals surface area contributed by atoms with Gasteiger partial charge in [-0.05, 0) is 43.0 Å². The Morgan fingerprint density at radius 2 is 1.96 bits per heavy atom. The van der Waals surface area contributed by atoms with Gasteiger partial charge in [0.1, 0.15) is 0 Å². The van der Waals surface area contributed by atoms with Crippen LogP contribution < -0.4 is 9.62 Å². The zero-order chi connectivity index (χ0) is 20.5. The molecule has 28 heavy (non-hydrogen) atoms. The number of halogens is 3. The first-order chi connectivity index (χ1) is 13.2. The van der Waals surface area contributed by atoms with E-state index in [0.29, 0.717) is 0 Å². The van der Waals surface area contributed by atoms with Crippen molar-refractivity contribution >= 4 is 30.3 Å². The minimum absolute atomic E-state index is 0.151. The van der Waals surface area contributed by atoms with Crippen molar-refractivity contribution in [1.82, 2.24) is 9.71 Å². The molecule has 1 aliphatic rings. The summed E-state index contributed by atoms with van der Waals surface area (Å²) in [6, 6.07) is 6.69. The van der Waals surface area contributed by atoms with E-state index in [0.717, 1.165) is 18.9 Å². The zero-order valence-electron chi connectivity index (χ0n) is 15.0. The number of hydrogen-bond donors (Lipinski definition) is 2. The lowest BCUT2D eigenvalue weighted by atomic mass is 10.0. The summed E-state index contributed by atoms with van der Waals surface area (Å²) in [5, 5.41) is 0. The molecule has 0 aliphatic heterocycles. The van der Waals surface area contributed by atoms with E-state index in [9.17, 15) is 22.8 Å². The highest BCUT2D eigenvalue weighted by Gasteiger charge is 2.37. The average molecular weight is 409 g/mol. The van der Waals surface area contributed by atoms with Crippen LogP contribution in [0.3, 0.4) is 0 Å². The van der Waals surface area contributed by atoms with Crippen LogP contribution in [-0.2, 0) is 11.0 Å². The van der Waals surface area contributed by atoms with Crippen molar-refractivity contribution in [1.29, 1.82) is 0 Å². The fourth-order valence-electron chi connectivity index (χ4n) is 2.88. The number of hydrogen-bond acceptors (Lipinski definition) is 4. The molecule has 0 saturated heterocycles. The molecule has 5 nitrogen and oxygen atoms in total. The van der Waals surface area contributed by atoms with Crippen LogP contribution in [0.2, 0.25) is 0 Å². The van der Waals surface area contributed by atoms with Gasteiger partial charge < -0.3 is 4.90 Å². The molecule has 2 amide bonds. The van der Waals surface area contributed by atoms with Crippen LogP contribution in [0, 0.1) is 5.92 Å². The van der Waals surface area contributed by atoms with Crippen molar-refractivity contribution in [3.63, 3.8) is 0 Å². The highest BCUT2D eigenvalue weighted by molar-refractivity contribution is 7.78. The molecule has 0 bridgehead atoms. The number of nitrogens with one attached hydrogen (secondary N) is 1. The van der Waals surface area contributed by atoms with Crippen LogP contribution in [0.4, 0.5) is 18.9 Å². The first kappa shape index (κ1) is 20.2. The number of nitrogens with zero attached hydrogens (tertiary/aromatic N) is 2. The monoisotopic (exact) mass is 409 g/mol. The number of benzene rings is 1. The van der Waals surface area contributed by atoms with Crippen molar-refractivity contribution in [2.45, 2.75) is 25.9 Å². The third-order valence-electron chi connectivity index (χ3n) is 4.53. The van der Waals surface area contributed by atoms with Crippen molar-refractivity contribution < 1.29 is 22.8 Å². The second-order valence-corrected chi connectivity index (χ2v) is 6.90. The van der Waals surface area contributed by atoms with Crippen molar-refractivity contribution in [3.8, 4) is 11.3 Å². The summed E-state index contributed by atoms with van der Waals surface area (Å²) in [5.74, 6) is -0.645. The summed E-state index contributed by atoms with van der Waals surface area (Å²) in [6.45, 7) is 1.55. The number of amides is 2. The van der Waals surface area contributed by atoms with Gasteiger partial charge in [-0.1, -0.05) is 18.9 Å². The molecule has 0 radical (unpaired) electrons. The molecule has 1 aliphatic carbocycles. The van der Waals surface area contributed by atoms with E-state index in [1.807, 2.05) is 0 Å². The Morgan fingerprint density at radius 3 is 2.46 bits per heavy atom. The molecule has 1 saturated carbocycles. The Kier molecular flexibility index (Phi) is 5.64. The Balaban J connectivity index is 2.00. The van der Waals surface area contributed by atoms with Gasteiger partial charge in [-0.15, -0.1) is 0 Å². The molecule has 1 aromatic carbocycles. The third kappa shape index (κ3) is 4.46. The van der Waals surface area contributed by atoms with E-state index in [1.165, 1.54) is 42.3 Å². The van der Waals surface area contributed by atoms with Gasteiger partial charge in [0.15, 0.2) is 0 Å². The molecule has 9 heteroatoms. The maximum Gasteiger partial charge on any atom is 0.418 e. The van der Waals surface area contributed by atoms with Crippen LogP contribution in [0.15, 0.2) is 36.5 Å². The van der Waals surface area contributed by atoms with Crippen molar-refractivity contribution in [2.24, 2.45) is 5.92 Å². The highest BCUT2D eigenvalue weighted by Crippen LogP contribution is 2.40. The highest BCUT2D eigenvalue weighted by atomic mass is 32.1. The van der Waals surface area contributed by atoms with E-state index in [1.54, 1.807) is 0 Å². The van der Waals surface area contributed by atoms with Gasteiger partial charge in [0, 0.05) is 25.2 Å². The van der Waals surface area contributed by atoms with Gasteiger partial charge in [0.05, 0.1) is 22.5 Å². The fourth-order valence-corrected chi connectivity index (χ4v) is 3.01. The van der Waals surface area contributed by atoms with E-state index in [4.69, 9.17) is 0 Å². The maximum absolute atomic E-state index is 13.7. The summed E-state index contributed by atoms with van der Waals surface area (Å²) in [6.07, 6.45) is -1.54. The number of pyridine rings is 1. The number of anilines is 1. The topological polar surface area (TPSA) is 62.3 Å². The maximum atomic E-state index is 13.7. The van der Waals surface area contributed by atoms with Crippen LogP contribution in [0.25, 0.3) is 11.3 Å². The standard InChI is InChI=1S/C19H18F3N3O2S/c1-11(26)25(10-12-2-3-12)17-7-5-13(8-15(17)19(20,21)22)16-6-4-14(9-23-16)18(27)24-28/h4-9,12,28H,2-3,10H2,1H3,(H,24,27). The predicted molar refractivity (Wildman–Crippen MR) is 102 cm³/mol. The quantitative estimate of drug-likeness (QED) is 0.731. The van der Waals surface area contributed by atoms with Crippen LogP contribution >= 0.6 is 12.8 Å². The first-order valence-electron chi connectivity index (χ1n) is 8.61. The molecule has 0 unspecified atom stereocenters. The molecule has 3 rings (SSSR count). The normalized spacial score (nSPS) is 13.9. The van der Waals surface area contributed by atoms with Gasteiger partial charge in [0.25, 0.3) is 5.91 Å². The second kappa shape index (κ2) is 7.83. The van der Waals surface area contributed by atoms with E-state index < -0.39 is 23.6 Å². The van der Waals surface area contributed by atoms with Crippen LogP contribution in [0.5, 0.6) is 0 Å². The number of thiol groups is 1. The zero-order valence-corrected chi connectivity index (χ0v) is 15.8. The molecule has 0 spiro atoms.